The van der Waals surface area contributed by atoms with Gasteiger partial charge in [-0.05, 0) is 62.4 Å². The van der Waals surface area contributed by atoms with Gasteiger partial charge in [0, 0.05) is 12.2 Å². The van der Waals surface area contributed by atoms with Gasteiger partial charge in [0.1, 0.15) is 6.04 Å². The summed E-state index contributed by atoms with van der Waals surface area (Å²) in [7, 11) is -0.199. The van der Waals surface area contributed by atoms with Crippen molar-refractivity contribution >= 4 is 39.3 Å². The lowest BCUT2D eigenvalue weighted by Crippen LogP contribution is -2.46. The zero-order valence-electron chi connectivity index (χ0n) is 18.5. The van der Waals surface area contributed by atoms with Crippen molar-refractivity contribution in [3.63, 3.8) is 0 Å². The van der Waals surface area contributed by atoms with Crippen LogP contribution < -0.4 is 15.4 Å². The minimum absolute atomic E-state index is 0.114. The summed E-state index contributed by atoms with van der Waals surface area (Å²) in [5.74, 6) is 0.0900. The second kappa shape index (κ2) is 12.6. The molecule has 0 fully saturated rings. The lowest BCUT2D eigenvalue weighted by atomic mass is 10.2. The zero-order chi connectivity index (χ0) is 23.6. The molecule has 0 heterocycles. The summed E-state index contributed by atoms with van der Waals surface area (Å²) in [6.07, 6.45) is 2.26. The van der Waals surface area contributed by atoms with Crippen LogP contribution in [0.25, 0.3) is 0 Å². The van der Waals surface area contributed by atoms with E-state index < -0.39 is 22.0 Å². The standard InChI is InChI=1S/C22H30N4O4S2/c1-26(2)16-21(27)24-18-9-7-8-17(14-18)15-23-22(28)20(12-13-31-3)25-32(29,30)19-10-5-4-6-11-19/h4-11,14,20,25H,12-13,15-16H2,1-3H3,(H,23,28)(H,24,27). The van der Waals surface area contributed by atoms with Crippen LogP contribution in [0.3, 0.4) is 0 Å². The third kappa shape index (κ3) is 8.62. The molecule has 10 heteroatoms. The fourth-order valence-corrected chi connectivity index (χ4v) is 4.62. The summed E-state index contributed by atoms with van der Waals surface area (Å²) < 4.78 is 27.9. The van der Waals surface area contributed by atoms with Gasteiger partial charge >= 0.3 is 0 Å². The quantitative estimate of drug-likeness (QED) is 0.430. The number of nitrogens with one attached hydrogen (secondary N) is 3. The highest BCUT2D eigenvalue weighted by molar-refractivity contribution is 7.98. The van der Waals surface area contributed by atoms with Crippen molar-refractivity contribution in [3.05, 3.63) is 60.2 Å². The maximum atomic E-state index is 12.8. The van der Waals surface area contributed by atoms with E-state index >= 15 is 0 Å². The number of likely N-dealkylation sites (N-methyl/N-ethyl adjacent to an activating group) is 1. The average molecular weight is 479 g/mol. The summed E-state index contributed by atoms with van der Waals surface area (Å²) in [6, 6.07) is 14.2. The molecule has 174 valence electrons. The van der Waals surface area contributed by atoms with Gasteiger partial charge in [0.25, 0.3) is 0 Å². The number of rotatable bonds is 12. The lowest BCUT2D eigenvalue weighted by Gasteiger charge is -2.18. The van der Waals surface area contributed by atoms with Gasteiger partial charge in [0.2, 0.25) is 21.8 Å². The molecule has 0 aliphatic heterocycles. The van der Waals surface area contributed by atoms with E-state index in [1.165, 1.54) is 23.9 Å². The molecule has 1 unspecified atom stereocenters. The molecule has 0 spiro atoms. The van der Waals surface area contributed by atoms with Gasteiger partial charge < -0.3 is 15.5 Å². The number of benzene rings is 2. The SMILES string of the molecule is CSCCC(NS(=O)(=O)c1ccccc1)C(=O)NCc1cccc(NC(=O)CN(C)C)c1. The summed E-state index contributed by atoms with van der Waals surface area (Å²) in [6.45, 7) is 0.471. The highest BCUT2D eigenvalue weighted by Crippen LogP contribution is 2.13. The molecular weight excluding hydrogens is 448 g/mol. The number of hydrogen-bond donors (Lipinski definition) is 3. The Morgan fingerprint density at radius 2 is 1.78 bits per heavy atom. The first-order chi connectivity index (χ1) is 15.2. The molecule has 0 aliphatic carbocycles. The normalized spacial score (nSPS) is 12.4. The van der Waals surface area contributed by atoms with Gasteiger partial charge in [-0.3, -0.25) is 9.59 Å². The highest BCUT2D eigenvalue weighted by Gasteiger charge is 2.25. The molecule has 1 atom stereocenters. The number of nitrogens with zero attached hydrogens (tertiary/aromatic N) is 1. The average Bonchev–Trinajstić information content (AvgIpc) is 2.75. The van der Waals surface area contributed by atoms with Crippen molar-refractivity contribution in [2.45, 2.75) is 23.9 Å². The van der Waals surface area contributed by atoms with Gasteiger partial charge in [0.15, 0.2) is 0 Å². The highest BCUT2D eigenvalue weighted by atomic mass is 32.2. The lowest BCUT2D eigenvalue weighted by molar-refractivity contribution is -0.123. The Kier molecular flexibility index (Phi) is 10.2. The second-order valence-corrected chi connectivity index (χ2v) is 10.2. The first-order valence-electron chi connectivity index (χ1n) is 10.1. The predicted molar refractivity (Wildman–Crippen MR) is 129 cm³/mol. The van der Waals surface area contributed by atoms with Crippen LogP contribution in [0, 0.1) is 0 Å². The maximum Gasteiger partial charge on any atom is 0.241 e. The molecule has 2 amide bonds. The molecule has 0 radical (unpaired) electrons. The third-order valence-corrected chi connectivity index (χ3v) is 6.55. The van der Waals surface area contributed by atoms with Crippen LogP contribution in [0.1, 0.15) is 12.0 Å². The Labute approximate surface area is 194 Å². The molecule has 0 saturated heterocycles. The van der Waals surface area contributed by atoms with Crippen molar-refractivity contribution in [3.8, 4) is 0 Å². The Hall–Kier alpha value is -2.40. The largest absolute Gasteiger partial charge is 0.351 e. The van der Waals surface area contributed by atoms with E-state index in [2.05, 4.69) is 15.4 Å². The van der Waals surface area contributed by atoms with Crippen molar-refractivity contribution in [1.82, 2.24) is 14.9 Å². The van der Waals surface area contributed by atoms with Gasteiger partial charge in [-0.2, -0.15) is 16.5 Å². The number of amides is 2. The molecule has 0 bridgehead atoms. The zero-order valence-corrected chi connectivity index (χ0v) is 20.1. The van der Waals surface area contributed by atoms with E-state index in [1.807, 2.05) is 26.4 Å². The van der Waals surface area contributed by atoms with Crippen LogP contribution in [0.2, 0.25) is 0 Å². The van der Waals surface area contributed by atoms with Crippen LogP contribution in [0.5, 0.6) is 0 Å². The number of sulfonamides is 1. The summed E-state index contributed by atoms with van der Waals surface area (Å²) in [5.41, 5.74) is 1.42. The van der Waals surface area contributed by atoms with Crippen molar-refractivity contribution < 1.29 is 18.0 Å². The summed E-state index contributed by atoms with van der Waals surface area (Å²) in [5, 5.41) is 5.61. The second-order valence-electron chi connectivity index (χ2n) is 7.47. The Bertz CT molecular complexity index is 998. The van der Waals surface area contributed by atoms with E-state index in [9.17, 15) is 18.0 Å². The molecule has 0 aromatic heterocycles. The van der Waals surface area contributed by atoms with Crippen LogP contribution in [-0.4, -0.2) is 63.8 Å². The minimum atomic E-state index is -3.82. The van der Waals surface area contributed by atoms with Crippen LogP contribution in [0.4, 0.5) is 5.69 Å². The molecule has 2 aromatic carbocycles. The van der Waals surface area contributed by atoms with E-state index in [0.717, 1.165) is 5.56 Å². The molecule has 0 saturated carbocycles. The van der Waals surface area contributed by atoms with Gasteiger partial charge in [-0.15, -0.1) is 0 Å². The number of hydrogen-bond acceptors (Lipinski definition) is 6. The maximum absolute atomic E-state index is 12.8. The van der Waals surface area contributed by atoms with Crippen molar-refractivity contribution in [2.24, 2.45) is 0 Å². The summed E-state index contributed by atoms with van der Waals surface area (Å²) in [4.78, 5) is 26.6. The minimum Gasteiger partial charge on any atom is -0.351 e. The molecule has 2 aromatic rings. The Morgan fingerprint density at radius 3 is 2.44 bits per heavy atom. The number of anilines is 1. The monoisotopic (exact) mass is 478 g/mol. The molecule has 0 aliphatic rings. The van der Waals surface area contributed by atoms with Crippen LogP contribution in [0.15, 0.2) is 59.5 Å². The Morgan fingerprint density at radius 1 is 1.06 bits per heavy atom. The molecular formula is C22H30N4O4S2. The number of carbonyl (C=O) groups excluding carboxylic acids is 2. The third-order valence-electron chi connectivity index (χ3n) is 4.42. The molecule has 8 nitrogen and oxygen atoms in total. The fourth-order valence-electron chi connectivity index (χ4n) is 2.89. The van der Waals surface area contributed by atoms with Gasteiger partial charge in [0.05, 0.1) is 11.4 Å². The topological polar surface area (TPSA) is 108 Å². The summed E-state index contributed by atoms with van der Waals surface area (Å²) >= 11 is 1.54. The van der Waals surface area contributed by atoms with E-state index in [1.54, 1.807) is 41.3 Å². The van der Waals surface area contributed by atoms with Crippen LogP contribution >= 0.6 is 11.8 Å². The smallest absolute Gasteiger partial charge is 0.241 e. The van der Waals surface area contributed by atoms with E-state index in [-0.39, 0.29) is 23.9 Å². The van der Waals surface area contributed by atoms with Crippen molar-refractivity contribution in [2.75, 3.05) is 38.0 Å². The number of carbonyl (C=O) groups is 2. The predicted octanol–water partition coefficient (Wildman–Crippen LogP) is 1.90. The van der Waals surface area contributed by atoms with E-state index in [4.69, 9.17) is 0 Å². The first kappa shape index (κ1) is 25.9. The van der Waals surface area contributed by atoms with E-state index in [0.29, 0.717) is 17.9 Å². The van der Waals surface area contributed by atoms with Crippen LogP contribution in [-0.2, 0) is 26.2 Å². The molecule has 32 heavy (non-hydrogen) atoms. The van der Waals surface area contributed by atoms with Crippen molar-refractivity contribution in [1.29, 1.82) is 0 Å². The van der Waals surface area contributed by atoms with Gasteiger partial charge in [-0.1, -0.05) is 30.3 Å². The fraction of sp³-hybridized carbons (Fsp3) is 0.364. The van der Waals surface area contributed by atoms with Gasteiger partial charge in [-0.25, -0.2) is 8.42 Å². The number of thioether (sulfide) groups is 1. The first-order valence-corrected chi connectivity index (χ1v) is 13.0. The Balaban J connectivity index is 2.03. The molecule has 2 rings (SSSR count). The molecule has 3 N–H and O–H groups in total.